The molecule has 5 unspecified atom stereocenters. The van der Waals surface area contributed by atoms with Crippen LogP contribution in [-0.2, 0) is 4.79 Å². The summed E-state index contributed by atoms with van der Waals surface area (Å²) in [5.41, 5.74) is 19.2. The van der Waals surface area contributed by atoms with Gasteiger partial charge in [-0.15, -0.1) is 0 Å². The fraction of sp³-hybridized carbons (Fsp3) is 0.714. The van der Waals surface area contributed by atoms with Gasteiger partial charge in [-0.25, -0.2) is 0 Å². The number of nitrogens with two attached hydrogens (primary N) is 3. The molecule has 106 valence electrons. The first-order valence-corrected chi connectivity index (χ1v) is 7.01. The van der Waals surface area contributed by atoms with Crippen molar-refractivity contribution in [3.63, 3.8) is 0 Å². The van der Waals surface area contributed by atoms with Gasteiger partial charge in [0, 0.05) is 24.2 Å². The molecule has 0 aromatic carbocycles. The third-order valence-electron chi connectivity index (χ3n) is 4.41. The second kappa shape index (κ2) is 5.84. The van der Waals surface area contributed by atoms with E-state index in [1.807, 2.05) is 12.3 Å². The molecule has 0 saturated heterocycles. The van der Waals surface area contributed by atoms with Gasteiger partial charge in [0.25, 0.3) is 0 Å². The van der Waals surface area contributed by atoms with Gasteiger partial charge in [0.2, 0.25) is 5.91 Å². The standard InChI is InChI=1S/C14H24N4O/c1-8-6-9(4-5-18-8)13(16)11-7-10(14(17)19)2-3-12(11)15/h4-5,8,10-13H,2-3,6-7,15-16H2,1H3,(H2,17,19). The quantitative estimate of drug-likeness (QED) is 0.683. The van der Waals surface area contributed by atoms with Gasteiger partial charge >= 0.3 is 0 Å². The Hall–Kier alpha value is -1.20. The van der Waals surface area contributed by atoms with E-state index in [0.717, 1.165) is 19.3 Å². The zero-order valence-electron chi connectivity index (χ0n) is 11.5. The molecule has 19 heavy (non-hydrogen) atoms. The molecule has 1 saturated carbocycles. The molecule has 5 heteroatoms. The van der Waals surface area contributed by atoms with E-state index in [-0.39, 0.29) is 35.9 Å². The maximum absolute atomic E-state index is 11.4. The van der Waals surface area contributed by atoms with E-state index in [4.69, 9.17) is 17.2 Å². The van der Waals surface area contributed by atoms with Crippen molar-refractivity contribution >= 4 is 12.1 Å². The Kier molecular flexibility index (Phi) is 4.37. The third-order valence-corrected chi connectivity index (χ3v) is 4.41. The van der Waals surface area contributed by atoms with Gasteiger partial charge < -0.3 is 17.2 Å². The molecule has 1 amide bonds. The molecule has 1 aliphatic heterocycles. The lowest BCUT2D eigenvalue weighted by molar-refractivity contribution is -0.123. The molecule has 1 aliphatic carbocycles. The van der Waals surface area contributed by atoms with Gasteiger partial charge in [0.1, 0.15) is 0 Å². The largest absolute Gasteiger partial charge is 0.369 e. The Morgan fingerprint density at radius 3 is 2.84 bits per heavy atom. The molecule has 5 nitrogen and oxygen atoms in total. The molecular weight excluding hydrogens is 240 g/mol. The minimum atomic E-state index is -0.225. The number of carbonyl (C=O) groups is 1. The van der Waals surface area contributed by atoms with Crippen LogP contribution in [0.4, 0.5) is 0 Å². The highest BCUT2D eigenvalue weighted by Crippen LogP contribution is 2.33. The highest BCUT2D eigenvalue weighted by Gasteiger charge is 2.36. The van der Waals surface area contributed by atoms with Crippen LogP contribution in [0.2, 0.25) is 0 Å². The average Bonchev–Trinajstić information content (AvgIpc) is 2.38. The summed E-state index contributed by atoms with van der Waals surface area (Å²) in [6.45, 7) is 2.07. The Labute approximate surface area is 114 Å². The second-order valence-corrected chi connectivity index (χ2v) is 5.86. The van der Waals surface area contributed by atoms with Gasteiger partial charge in [-0.3, -0.25) is 9.79 Å². The topological polar surface area (TPSA) is 107 Å². The van der Waals surface area contributed by atoms with Crippen molar-refractivity contribution in [3.05, 3.63) is 11.6 Å². The number of dihydropyridines is 1. The van der Waals surface area contributed by atoms with E-state index >= 15 is 0 Å². The predicted molar refractivity (Wildman–Crippen MR) is 76.6 cm³/mol. The lowest BCUT2D eigenvalue weighted by Crippen LogP contribution is -2.49. The average molecular weight is 264 g/mol. The van der Waals surface area contributed by atoms with Gasteiger partial charge in [0.15, 0.2) is 0 Å². The van der Waals surface area contributed by atoms with Gasteiger partial charge in [-0.05, 0) is 50.2 Å². The zero-order valence-corrected chi connectivity index (χ0v) is 11.5. The molecular formula is C14H24N4O. The summed E-state index contributed by atoms with van der Waals surface area (Å²) in [6.07, 6.45) is 7.01. The highest BCUT2D eigenvalue weighted by molar-refractivity contribution is 5.77. The number of carbonyl (C=O) groups excluding carboxylic acids is 1. The van der Waals surface area contributed by atoms with E-state index in [1.165, 1.54) is 5.57 Å². The van der Waals surface area contributed by atoms with Crippen LogP contribution in [0.25, 0.3) is 0 Å². The Morgan fingerprint density at radius 1 is 1.47 bits per heavy atom. The summed E-state index contributed by atoms with van der Waals surface area (Å²) in [6, 6.07) is 0.241. The molecule has 6 N–H and O–H groups in total. The molecule has 0 aromatic heterocycles. The van der Waals surface area contributed by atoms with Crippen LogP contribution >= 0.6 is 0 Å². The second-order valence-electron chi connectivity index (χ2n) is 5.86. The molecule has 5 atom stereocenters. The molecule has 2 aliphatic rings. The molecule has 0 aromatic rings. The molecule has 1 fully saturated rings. The number of primary amides is 1. The summed E-state index contributed by atoms with van der Waals surface area (Å²) in [7, 11) is 0. The minimum absolute atomic E-state index is 0.0562. The summed E-state index contributed by atoms with van der Waals surface area (Å²) in [5, 5.41) is 0. The van der Waals surface area contributed by atoms with Crippen LogP contribution in [-0.4, -0.2) is 30.2 Å². The van der Waals surface area contributed by atoms with E-state index in [0.29, 0.717) is 6.42 Å². The van der Waals surface area contributed by atoms with Crippen molar-refractivity contribution in [3.8, 4) is 0 Å². The fourth-order valence-corrected chi connectivity index (χ4v) is 3.17. The summed E-state index contributed by atoms with van der Waals surface area (Å²) >= 11 is 0. The van der Waals surface area contributed by atoms with Crippen molar-refractivity contribution in [1.29, 1.82) is 0 Å². The van der Waals surface area contributed by atoms with E-state index in [1.54, 1.807) is 0 Å². The first kappa shape index (κ1) is 14.2. The molecule has 0 spiro atoms. The van der Waals surface area contributed by atoms with Gasteiger partial charge in [-0.1, -0.05) is 0 Å². The predicted octanol–water partition coefficient (Wildman–Crippen LogP) is 0.332. The molecule has 0 radical (unpaired) electrons. The number of rotatable bonds is 3. The number of amides is 1. The normalized spacial score (nSPS) is 36.7. The molecule has 2 rings (SSSR count). The van der Waals surface area contributed by atoms with Crippen molar-refractivity contribution in [2.75, 3.05) is 0 Å². The van der Waals surface area contributed by atoms with E-state index < -0.39 is 0 Å². The summed E-state index contributed by atoms with van der Waals surface area (Å²) < 4.78 is 0. The van der Waals surface area contributed by atoms with Crippen LogP contribution in [0, 0.1) is 11.8 Å². The third kappa shape index (κ3) is 3.22. The lowest BCUT2D eigenvalue weighted by atomic mass is 9.72. The Bertz CT molecular complexity index is 404. The van der Waals surface area contributed by atoms with Crippen molar-refractivity contribution in [2.24, 2.45) is 34.0 Å². The highest BCUT2D eigenvalue weighted by atomic mass is 16.1. The van der Waals surface area contributed by atoms with Crippen LogP contribution in [0.3, 0.4) is 0 Å². The minimum Gasteiger partial charge on any atom is -0.369 e. The van der Waals surface area contributed by atoms with Gasteiger partial charge in [-0.2, -0.15) is 0 Å². The number of hydrogen-bond donors (Lipinski definition) is 3. The Balaban J connectivity index is 2.08. The SMILES string of the molecule is CC1CC(C(N)C2CC(C(N)=O)CCC2N)=CC=N1. The Morgan fingerprint density at radius 2 is 2.21 bits per heavy atom. The first-order valence-electron chi connectivity index (χ1n) is 7.01. The van der Waals surface area contributed by atoms with E-state index in [9.17, 15) is 4.79 Å². The van der Waals surface area contributed by atoms with Crippen LogP contribution in [0.5, 0.6) is 0 Å². The number of aliphatic imine (C=N–C) groups is 1. The zero-order chi connectivity index (χ0) is 14.0. The van der Waals surface area contributed by atoms with Crippen molar-refractivity contribution in [2.45, 2.75) is 50.7 Å². The fourth-order valence-electron chi connectivity index (χ4n) is 3.17. The van der Waals surface area contributed by atoms with Crippen LogP contribution < -0.4 is 17.2 Å². The van der Waals surface area contributed by atoms with Gasteiger partial charge in [0.05, 0.1) is 6.04 Å². The first-order chi connectivity index (χ1) is 8.99. The van der Waals surface area contributed by atoms with Crippen molar-refractivity contribution in [1.82, 2.24) is 0 Å². The summed E-state index contributed by atoms with van der Waals surface area (Å²) in [4.78, 5) is 15.7. The van der Waals surface area contributed by atoms with E-state index in [2.05, 4.69) is 11.9 Å². The smallest absolute Gasteiger partial charge is 0.220 e. The van der Waals surface area contributed by atoms with Crippen LogP contribution in [0.1, 0.15) is 32.6 Å². The number of nitrogens with zero attached hydrogens (tertiary/aromatic N) is 1. The summed E-state index contributed by atoms with van der Waals surface area (Å²) in [5.74, 6) is -0.168. The number of hydrogen-bond acceptors (Lipinski definition) is 4. The maximum Gasteiger partial charge on any atom is 0.220 e. The van der Waals surface area contributed by atoms with Crippen molar-refractivity contribution < 1.29 is 4.79 Å². The number of allylic oxidation sites excluding steroid dienone is 1. The molecule has 0 bridgehead atoms. The monoisotopic (exact) mass is 264 g/mol. The lowest BCUT2D eigenvalue weighted by Gasteiger charge is -2.38. The molecule has 1 heterocycles. The maximum atomic E-state index is 11.4. The van der Waals surface area contributed by atoms with Crippen LogP contribution in [0.15, 0.2) is 16.6 Å².